The van der Waals surface area contributed by atoms with Gasteiger partial charge in [-0.3, -0.25) is 4.79 Å². The Hall–Kier alpha value is -3.15. The molecule has 1 N–H and O–H groups in total. The third-order valence-corrected chi connectivity index (χ3v) is 4.87. The minimum absolute atomic E-state index is 0.149. The number of hydrogen-bond donors (Lipinski definition) is 1. The maximum Gasteiger partial charge on any atom is 0.255 e. The molecular formula is C22H24N4O2. The number of carbonyl (C=O) groups excluding carboxylic acids is 1. The number of unbranched alkanes of at least 4 members (excludes halogenated alkanes) is 1. The number of hydrogen-bond acceptors (Lipinski definition) is 4. The monoisotopic (exact) mass is 376 g/mol. The van der Waals surface area contributed by atoms with Crippen molar-refractivity contribution in [3.05, 3.63) is 59.9 Å². The maximum atomic E-state index is 12.6. The molecule has 0 fully saturated rings. The number of carbonyl (C=O) groups is 1. The Kier molecular flexibility index (Phi) is 5.37. The number of nitrogens with one attached hydrogen (secondary N) is 1. The van der Waals surface area contributed by atoms with E-state index in [4.69, 9.17) is 4.74 Å². The van der Waals surface area contributed by atoms with Gasteiger partial charge in [0.1, 0.15) is 11.6 Å². The molecule has 6 heteroatoms. The average Bonchev–Trinajstić information content (AvgIpc) is 3.33. The van der Waals surface area contributed by atoms with E-state index in [2.05, 4.69) is 27.0 Å². The van der Waals surface area contributed by atoms with Gasteiger partial charge in [0.25, 0.3) is 5.91 Å². The van der Waals surface area contributed by atoms with Crippen LogP contribution in [0.3, 0.4) is 0 Å². The highest BCUT2D eigenvalue weighted by atomic mass is 16.5. The molecule has 0 unspecified atom stereocenters. The highest BCUT2D eigenvalue weighted by Crippen LogP contribution is 2.25. The molecule has 0 saturated carbocycles. The number of rotatable bonds is 7. The Morgan fingerprint density at radius 1 is 1.18 bits per heavy atom. The molecule has 1 aliphatic rings. The van der Waals surface area contributed by atoms with Crippen LogP contribution in [-0.2, 0) is 13.0 Å². The van der Waals surface area contributed by atoms with Gasteiger partial charge in [0.05, 0.1) is 6.61 Å². The zero-order valence-corrected chi connectivity index (χ0v) is 16.0. The molecule has 3 aromatic rings. The molecular weight excluding hydrogens is 352 g/mol. The first-order valence-corrected chi connectivity index (χ1v) is 9.81. The Morgan fingerprint density at radius 3 is 2.86 bits per heavy atom. The van der Waals surface area contributed by atoms with Gasteiger partial charge in [-0.15, -0.1) is 10.2 Å². The van der Waals surface area contributed by atoms with Crippen molar-refractivity contribution in [2.45, 2.75) is 39.2 Å². The number of fused-ring (bicyclic) bond motifs is 1. The van der Waals surface area contributed by atoms with Crippen LogP contribution in [0, 0.1) is 0 Å². The molecule has 0 bridgehead atoms. The zero-order chi connectivity index (χ0) is 19.3. The van der Waals surface area contributed by atoms with E-state index in [-0.39, 0.29) is 5.91 Å². The Balaban J connectivity index is 1.45. The van der Waals surface area contributed by atoms with E-state index in [1.165, 1.54) is 0 Å². The molecule has 0 aliphatic carbocycles. The van der Waals surface area contributed by atoms with E-state index in [9.17, 15) is 4.79 Å². The standard InChI is InChI=1S/C22H24N4O2/c1-2-3-14-28-19-11-9-16(10-12-19)22(27)23-18-7-4-6-17(15-18)21-25-24-20-8-5-13-26(20)21/h4,6-7,9-12,15H,2-3,5,8,13-14H2,1H3,(H,23,27). The summed E-state index contributed by atoms with van der Waals surface area (Å²) in [6.45, 7) is 3.77. The maximum absolute atomic E-state index is 12.6. The fraction of sp³-hybridized carbons (Fsp3) is 0.318. The number of nitrogens with zero attached hydrogens (tertiary/aromatic N) is 3. The van der Waals surface area contributed by atoms with Gasteiger partial charge >= 0.3 is 0 Å². The topological polar surface area (TPSA) is 69.0 Å². The van der Waals surface area contributed by atoms with E-state index >= 15 is 0 Å². The first-order valence-electron chi connectivity index (χ1n) is 9.81. The summed E-state index contributed by atoms with van der Waals surface area (Å²) in [6, 6.07) is 15.0. The highest BCUT2D eigenvalue weighted by molar-refractivity contribution is 6.04. The summed E-state index contributed by atoms with van der Waals surface area (Å²) in [5.74, 6) is 2.53. The largest absolute Gasteiger partial charge is 0.494 e. The molecule has 4 rings (SSSR count). The minimum Gasteiger partial charge on any atom is -0.494 e. The number of ether oxygens (including phenoxy) is 1. The second kappa shape index (κ2) is 8.25. The smallest absolute Gasteiger partial charge is 0.255 e. The van der Waals surface area contributed by atoms with Gasteiger partial charge in [0, 0.05) is 29.8 Å². The SMILES string of the molecule is CCCCOc1ccc(C(=O)Nc2cccc(-c3nnc4n3CCC4)c2)cc1. The van der Waals surface area contributed by atoms with Crippen molar-refractivity contribution in [3.63, 3.8) is 0 Å². The van der Waals surface area contributed by atoms with Crippen LogP contribution in [0.1, 0.15) is 42.4 Å². The van der Waals surface area contributed by atoms with Crippen LogP contribution >= 0.6 is 0 Å². The van der Waals surface area contributed by atoms with Crippen molar-refractivity contribution in [3.8, 4) is 17.1 Å². The van der Waals surface area contributed by atoms with Gasteiger partial charge in [-0.25, -0.2) is 0 Å². The van der Waals surface area contributed by atoms with Crippen molar-refractivity contribution in [2.75, 3.05) is 11.9 Å². The fourth-order valence-corrected chi connectivity index (χ4v) is 3.34. The lowest BCUT2D eigenvalue weighted by Crippen LogP contribution is -2.12. The highest BCUT2D eigenvalue weighted by Gasteiger charge is 2.18. The van der Waals surface area contributed by atoms with Crippen LogP contribution in [0.2, 0.25) is 0 Å². The zero-order valence-electron chi connectivity index (χ0n) is 16.0. The van der Waals surface area contributed by atoms with Gasteiger partial charge in [0.15, 0.2) is 5.82 Å². The molecule has 1 aliphatic heterocycles. The molecule has 1 amide bonds. The van der Waals surface area contributed by atoms with Crippen molar-refractivity contribution in [1.82, 2.24) is 14.8 Å². The van der Waals surface area contributed by atoms with Crippen LogP contribution in [0.4, 0.5) is 5.69 Å². The van der Waals surface area contributed by atoms with E-state index in [0.717, 1.165) is 60.9 Å². The lowest BCUT2D eigenvalue weighted by molar-refractivity contribution is 0.102. The number of aryl methyl sites for hydroxylation is 1. The molecule has 0 spiro atoms. The second-order valence-electron chi connectivity index (χ2n) is 6.96. The van der Waals surface area contributed by atoms with Gasteiger partial charge in [-0.2, -0.15) is 0 Å². The van der Waals surface area contributed by atoms with E-state index in [0.29, 0.717) is 12.2 Å². The van der Waals surface area contributed by atoms with Crippen molar-refractivity contribution < 1.29 is 9.53 Å². The molecule has 2 aromatic carbocycles. The predicted octanol–water partition coefficient (Wildman–Crippen LogP) is 4.32. The fourth-order valence-electron chi connectivity index (χ4n) is 3.34. The number of benzene rings is 2. The first-order chi connectivity index (χ1) is 13.7. The Bertz CT molecular complexity index is 963. The van der Waals surface area contributed by atoms with E-state index in [1.54, 1.807) is 12.1 Å². The molecule has 0 radical (unpaired) electrons. The van der Waals surface area contributed by atoms with Crippen molar-refractivity contribution in [1.29, 1.82) is 0 Å². The normalized spacial score (nSPS) is 12.6. The van der Waals surface area contributed by atoms with E-state index < -0.39 is 0 Å². The summed E-state index contributed by atoms with van der Waals surface area (Å²) in [5, 5.41) is 11.5. The Morgan fingerprint density at radius 2 is 2.04 bits per heavy atom. The molecule has 144 valence electrons. The summed E-state index contributed by atoms with van der Waals surface area (Å²) in [7, 11) is 0. The quantitative estimate of drug-likeness (QED) is 0.624. The van der Waals surface area contributed by atoms with Gasteiger partial charge in [0.2, 0.25) is 0 Å². The lowest BCUT2D eigenvalue weighted by Gasteiger charge is -2.09. The first kappa shape index (κ1) is 18.2. The summed E-state index contributed by atoms with van der Waals surface area (Å²) in [6.07, 6.45) is 4.19. The molecule has 2 heterocycles. The average molecular weight is 376 g/mol. The van der Waals surface area contributed by atoms with Crippen LogP contribution in [0.25, 0.3) is 11.4 Å². The van der Waals surface area contributed by atoms with Crippen LogP contribution < -0.4 is 10.1 Å². The number of anilines is 1. The van der Waals surface area contributed by atoms with Crippen LogP contribution in [0.15, 0.2) is 48.5 Å². The minimum atomic E-state index is -0.149. The summed E-state index contributed by atoms with van der Waals surface area (Å²) >= 11 is 0. The van der Waals surface area contributed by atoms with Gasteiger partial charge in [-0.05, 0) is 49.2 Å². The summed E-state index contributed by atoms with van der Waals surface area (Å²) in [5.41, 5.74) is 2.29. The van der Waals surface area contributed by atoms with Crippen molar-refractivity contribution in [2.24, 2.45) is 0 Å². The second-order valence-corrected chi connectivity index (χ2v) is 6.96. The summed E-state index contributed by atoms with van der Waals surface area (Å²) < 4.78 is 7.80. The molecule has 28 heavy (non-hydrogen) atoms. The summed E-state index contributed by atoms with van der Waals surface area (Å²) in [4.78, 5) is 12.6. The molecule has 6 nitrogen and oxygen atoms in total. The molecule has 1 aromatic heterocycles. The van der Waals surface area contributed by atoms with Crippen LogP contribution in [0.5, 0.6) is 5.75 Å². The van der Waals surface area contributed by atoms with Crippen LogP contribution in [-0.4, -0.2) is 27.3 Å². The predicted molar refractivity (Wildman–Crippen MR) is 109 cm³/mol. The third-order valence-electron chi connectivity index (χ3n) is 4.87. The molecule has 0 atom stereocenters. The van der Waals surface area contributed by atoms with E-state index in [1.807, 2.05) is 36.4 Å². The Labute approximate surface area is 164 Å². The lowest BCUT2D eigenvalue weighted by atomic mass is 10.1. The number of amides is 1. The van der Waals surface area contributed by atoms with Crippen molar-refractivity contribution >= 4 is 11.6 Å². The van der Waals surface area contributed by atoms with Gasteiger partial charge < -0.3 is 14.6 Å². The molecule has 0 saturated heterocycles. The number of aromatic nitrogens is 3. The van der Waals surface area contributed by atoms with Gasteiger partial charge in [-0.1, -0.05) is 25.5 Å². The third kappa shape index (κ3) is 3.91.